The standard InChI is InChI=1S/C6H12N4.5C4H8/c1-7-2-9-4-8(1)5-10(3-7)6-9;5*1-3-4-2/h1-6H2;5*3-4H,1-2H3/b;5*4-3+. The predicted octanol–water partition coefficient (Wildman–Crippen LogP) is 6.89. The Kier molecular flexibility index (Phi) is 30.5. The summed E-state index contributed by atoms with van der Waals surface area (Å²) in [4.78, 5) is 9.88. The summed E-state index contributed by atoms with van der Waals surface area (Å²) in [7, 11) is 0. The van der Waals surface area contributed by atoms with Gasteiger partial charge in [-0.05, 0) is 69.2 Å². The van der Waals surface area contributed by atoms with Crippen LogP contribution in [-0.2, 0) is 0 Å². The first-order chi connectivity index (χ1) is 14.5. The Hall–Kier alpha value is -1.46. The van der Waals surface area contributed by atoms with Gasteiger partial charge in [0.2, 0.25) is 0 Å². The van der Waals surface area contributed by atoms with E-state index in [0.717, 1.165) is 0 Å². The lowest BCUT2D eigenvalue weighted by Crippen LogP contribution is -2.71. The monoisotopic (exact) mass is 420 g/mol. The highest BCUT2D eigenvalue weighted by Crippen LogP contribution is 2.20. The summed E-state index contributed by atoms with van der Waals surface area (Å²) in [6.07, 6.45) is 20.0. The van der Waals surface area contributed by atoms with E-state index in [1.807, 2.05) is 130 Å². The maximum absolute atomic E-state index is 2.47. The maximum atomic E-state index is 2.47. The lowest BCUT2D eigenvalue weighted by atomic mass is 10.4. The van der Waals surface area contributed by atoms with Crippen LogP contribution in [0.2, 0.25) is 0 Å². The quantitative estimate of drug-likeness (QED) is 0.395. The second-order valence-corrected chi connectivity index (χ2v) is 6.87. The van der Waals surface area contributed by atoms with Crippen molar-refractivity contribution >= 4 is 0 Å². The Morgan fingerprint density at radius 1 is 0.267 bits per heavy atom. The van der Waals surface area contributed by atoms with E-state index in [4.69, 9.17) is 0 Å². The highest BCUT2D eigenvalue weighted by molar-refractivity contribution is 4.80. The largest absolute Gasteiger partial charge is 0.264 e. The minimum Gasteiger partial charge on any atom is -0.264 e. The first kappa shape index (κ1) is 33.2. The average molecular weight is 421 g/mol. The molecule has 30 heavy (non-hydrogen) atoms. The van der Waals surface area contributed by atoms with Crippen LogP contribution in [-0.4, -0.2) is 59.6 Å². The van der Waals surface area contributed by atoms with Gasteiger partial charge in [-0.15, -0.1) is 0 Å². The van der Waals surface area contributed by atoms with Crippen molar-refractivity contribution in [3.8, 4) is 0 Å². The van der Waals surface area contributed by atoms with E-state index in [2.05, 4.69) is 19.6 Å². The lowest BCUT2D eigenvalue weighted by molar-refractivity contribution is -0.194. The molecule has 0 radical (unpaired) electrons. The molecule has 4 bridgehead atoms. The van der Waals surface area contributed by atoms with E-state index in [1.54, 1.807) is 0 Å². The van der Waals surface area contributed by atoms with Gasteiger partial charge in [0.15, 0.2) is 0 Å². The molecule has 0 atom stereocenters. The molecular formula is C26H52N4. The molecule has 4 aliphatic rings. The van der Waals surface area contributed by atoms with Crippen LogP contribution in [0.25, 0.3) is 0 Å². The Morgan fingerprint density at radius 3 is 0.433 bits per heavy atom. The van der Waals surface area contributed by atoms with Crippen LogP contribution in [0, 0.1) is 0 Å². The fourth-order valence-electron chi connectivity index (χ4n) is 2.23. The molecule has 4 saturated heterocycles. The Bertz CT molecular complexity index is 327. The van der Waals surface area contributed by atoms with Crippen LogP contribution in [0.5, 0.6) is 0 Å². The normalized spacial score (nSPS) is 25.5. The fourth-order valence-corrected chi connectivity index (χ4v) is 2.23. The predicted molar refractivity (Wildman–Crippen MR) is 139 cm³/mol. The number of rotatable bonds is 0. The molecule has 4 heterocycles. The van der Waals surface area contributed by atoms with Gasteiger partial charge in [0, 0.05) is 0 Å². The molecule has 0 aliphatic carbocycles. The van der Waals surface area contributed by atoms with Crippen LogP contribution < -0.4 is 0 Å². The average Bonchev–Trinajstić information content (AvgIpc) is 2.79. The zero-order valence-electron chi connectivity index (χ0n) is 21.8. The highest BCUT2D eigenvalue weighted by atomic mass is 15.7. The summed E-state index contributed by atoms with van der Waals surface area (Å²) in [5.74, 6) is 0. The van der Waals surface area contributed by atoms with Crippen molar-refractivity contribution in [1.82, 2.24) is 19.6 Å². The third-order valence-electron chi connectivity index (χ3n) is 4.07. The molecule has 4 rings (SSSR count). The van der Waals surface area contributed by atoms with Crippen molar-refractivity contribution in [2.45, 2.75) is 69.2 Å². The number of allylic oxidation sites excluding steroid dienone is 10. The summed E-state index contributed by atoms with van der Waals surface area (Å²) < 4.78 is 0. The fraction of sp³-hybridized carbons (Fsp3) is 0.615. The van der Waals surface area contributed by atoms with E-state index in [-0.39, 0.29) is 0 Å². The molecule has 0 aromatic rings. The van der Waals surface area contributed by atoms with E-state index < -0.39 is 0 Å². The van der Waals surface area contributed by atoms with Gasteiger partial charge in [-0.3, -0.25) is 19.6 Å². The lowest BCUT2D eigenvalue weighted by Gasteiger charge is -2.56. The molecule has 176 valence electrons. The van der Waals surface area contributed by atoms with E-state index in [1.165, 1.54) is 40.0 Å². The Labute approximate surface area is 189 Å². The summed E-state index contributed by atoms with van der Waals surface area (Å²) >= 11 is 0. The first-order valence-corrected chi connectivity index (χ1v) is 11.2. The van der Waals surface area contributed by atoms with E-state index in [0.29, 0.717) is 0 Å². The summed E-state index contributed by atoms with van der Waals surface area (Å²) in [5, 5.41) is 0. The number of nitrogens with zero attached hydrogens (tertiary/aromatic N) is 4. The van der Waals surface area contributed by atoms with E-state index >= 15 is 0 Å². The molecule has 4 nitrogen and oxygen atoms in total. The van der Waals surface area contributed by atoms with Crippen molar-refractivity contribution in [3.05, 3.63) is 60.8 Å². The van der Waals surface area contributed by atoms with Gasteiger partial charge in [0.1, 0.15) is 0 Å². The summed E-state index contributed by atoms with van der Waals surface area (Å²) in [6.45, 7) is 27.1. The molecule has 0 amide bonds. The third-order valence-corrected chi connectivity index (χ3v) is 4.07. The van der Waals surface area contributed by atoms with Gasteiger partial charge in [0.25, 0.3) is 0 Å². The van der Waals surface area contributed by atoms with Crippen LogP contribution in [0.1, 0.15) is 69.2 Å². The van der Waals surface area contributed by atoms with Gasteiger partial charge in [0.05, 0.1) is 40.0 Å². The Balaban J connectivity index is -0.000000318. The van der Waals surface area contributed by atoms with Gasteiger partial charge in [-0.1, -0.05) is 60.8 Å². The highest BCUT2D eigenvalue weighted by Gasteiger charge is 2.36. The molecule has 0 aromatic heterocycles. The van der Waals surface area contributed by atoms with Gasteiger partial charge in [-0.2, -0.15) is 0 Å². The van der Waals surface area contributed by atoms with Crippen molar-refractivity contribution in [3.63, 3.8) is 0 Å². The van der Waals surface area contributed by atoms with Crippen molar-refractivity contribution in [2.24, 2.45) is 0 Å². The SMILES string of the molecule is C/C=C/C.C/C=C/C.C/C=C/C.C/C=C/C.C/C=C/C.C1N2CN3CN1CN(C2)C3. The molecular weight excluding hydrogens is 368 g/mol. The van der Waals surface area contributed by atoms with Gasteiger partial charge in [-0.25, -0.2) is 0 Å². The molecule has 0 aromatic carbocycles. The number of hydrogen-bond donors (Lipinski definition) is 0. The zero-order valence-corrected chi connectivity index (χ0v) is 21.8. The smallest absolute Gasteiger partial charge is 0.0555 e. The van der Waals surface area contributed by atoms with Crippen LogP contribution >= 0.6 is 0 Å². The first-order valence-electron chi connectivity index (χ1n) is 11.2. The number of hydrogen-bond acceptors (Lipinski definition) is 4. The Morgan fingerprint density at radius 2 is 0.367 bits per heavy atom. The molecule has 0 saturated carbocycles. The van der Waals surface area contributed by atoms with E-state index in [9.17, 15) is 0 Å². The maximum Gasteiger partial charge on any atom is 0.0555 e. The second kappa shape index (κ2) is 27.5. The van der Waals surface area contributed by atoms with Crippen LogP contribution in [0.15, 0.2) is 60.8 Å². The second-order valence-electron chi connectivity index (χ2n) is 6.87. The minimum absolute atomic E-state index is 1.19. The van der Waals surface area contributed by atoms with Crippen molar-refractivity contribution in [1.29, 1.82) is 0 Å². The molecule has 0 N–H and O–H groups in total. The molecule has 4 aliphatic heterocycles. The van der Waals surface area contributed by atoms with Crippen LogP contribution in [0.4, 0.5) is 0 Å². The van der Waals surface area contributed by atoms with Crippen molar-refractivity contribution in [2.75, 3.05) is 40.0 Å². The van der Waals surface area contributed by atoms with Gasteiger partial charge < -0.3 is 0 Å². The third kappa shape index (κ3) is 22.8. The van der Waals surface area contributed by atoms with Crippen molar-refractivity contribution < 1.29 is 0 Å². The topological polar surface area (TPSA) is 13.0 Å². The summed E-state index contributed by atoms with van der Waals surface area (Å²) in [5.41, 5.74) is 0. The molecule has 0 unspecified atom stereocenters. The summed E-state index contributed by atoms with van der Waals surface area (Å²) in [6, 6.07) is 0. The molecule has 4 fully saturated rings. The minimum atomic E-state index is 1.19. The molecule has 0 spiro atoms. The zero-order chi connectivity index (χ0) is 23.6. The van der Waals surface area contributed by atoms with Crippen LogP contribution in [0.3, 0.4) is 0 Å². The van der Waals surface area contributed by atoms with Gasteiger partial charge >= 0.3 is 0 Å². The molecule has 4 heteroatoms.